The number of quaternary nitrogens is 2. The van der Waals surface area contributed by atoms with Crippen molar-refractivity contribution in [1.82, 2.24) is 0 Å². The SMILES string of the molecule is CCC12C[NH+]3CC(CC)(C[NH+](C1)C3[C@@H](O)[C@H](O)[C@H](O)CO)C2=O. The molecule has 4 rings (SSSR count). The van der Waals surface area contributed by atoms with Gasteiger partial charge in [-0.2, -0.15) is 0 Å². The van der Waals surface area contributed by atoms with Crippen LogP contribution in [0.25, 0.3) is 0 Å². The van der Waals surface area contributed by atoms with E-state index in [1.54, 1.807) is 0 Å². The quantitative estimate of drug-likeness (QED) is 0.295. The van der Waals surface area contributed by atoms with Crippen LogP contribution in [0.15, 0.2) is 0 Å². The van der Waals surface area contributed by atoms with E-state index in [-0.39, 0.29) is 17.0 Å². The summed E-state index contributed by atoms with van der Waals surface area (Å²) in [7, 11) is 0. The second-order valence-corrected chi connectivity index (χ2v) is 7.83. The molecule has 4 heterocycles. The van der Waals surface area contributed by atoms with Crippen LogP contribution in [-0.2, 0) is 4.79 Å². The molecule has 0 aromatic rings. The van der Waals surface area contributed by atoms with Crippen LogP contribution in [0.3, 0.4) is 0 Å². The van der Waals surface area contributed by atoms with Crippen LogP contribution < -0.4 is 9.80 Å². The van der Waals surface area contributed by atoms with Crippen LogP contribution in [-0.4, -0.2) is 83.5 Å². The minimum absolute atomic E-state index is 0.251. The molecule has 7 nitrogen and oxygen atoms in total. The first-order valence-electron chi connectivity index (χ1n) is 8.73. The lowest BCUT2D eigenvalue weighted by Crippen LogP contribution is -3.46. The molecule has 4 saturated heterocycles. The van der Waals surface area contributed by atoms with Gasteiger partial charge in [0.1, 0.15) is 49.2 Å². The maximum absolute atomic E-state index is 13.0. The number of ketones is 1. The van der Waals surface area contributed by atoms with E-state index in [0.717, 1.165) is 22.6 Å². The monoisotopic (exact) mass is 330 g/mol. The smallest absolute Gasteiger partial charge is 0.242 e. The number of piperidine rings is 2. The van der Waals surface area contributed by atoms with Gasteiger partial charge in [-0.1, -0.05) is 13.8 Å². The summed E-state index contributed by atoms with van der Waals surface area (Å²) in [6.45, 7) is 6.31. The normalized spacial score (nSPS) is 46.0. The van der Waals surface area contributed by atoms with Gasteiger partial charge in [0, 0.05) is 0 Å². The molecule has 0 saturated carbocycles. The summed E-state index contributed by atoms with van der Waals surface area (Å²) < 4.78 is 0. The Kier molecular flexibility index (Phi) is 4.32. The number of aliphatic hydroxyl groups excluding tert-OH is 4. The van der Waals surface area contributed by atoms with Crippen molar-refractivity contribution in [3.05, 3.63) is 0 Å². The minimum atomic E-state index is -1.37. The number of nitrogens with one attached hydrogen (secondary N) is 2. The molecular formula is C16H30N2O5+2. The zero-order chi connectivity index (χ0) is 17.0. The first kappa shape index (κ1) is 17.3. The third kappa shape index (κ3) is 2.29. The van der Waals surface area contributed by atoms with Gasteiger partial charge < -0.3 is 20.4 Å². The van der Waals surface area contributed by atoms with E-state index in [4.69, 9.17) is 5.11 Å². The summed E-state index contributed by atoms with van der Waals surface area (Å²) in [5, 5.41) is 39.4. The molecule has 4 aliphatic rings. The molecule has 0 amide bonds. The summed E-state index contributed by atoms with van der Waals surface area (Å²) in [5.74, 6) is 0.395. The van der Waals surface area contributed by atoms with Crippen molar-refractivity contribution in [2.75, 3.05) is 32.8 Å². The molecule has 6 N–H and O–H groups in total. The lowest BCUT2D eigenvalue weighted by Gasteiger charge is -2.61. The molecule has 0 unspecified atom stereocenters. The zero-order valence-electron chi connectivity index (χ0n) is 14.0. The fraction of sp³-hybridized carbons (Fsp3) is 0.938. The summed E-state index contributed by atoms with van der Waals surface area (Å²) in [6, 6.07) is 0. The van der Waals surface area contributed by atoms with Crippen LogP contribution in [0.4, 0.5) is 0 Å². The molecule has 4 fully saturated rings. The maximum Gasteiger partial charge on any atom is 0.242 e. The Labute approximate surface area is 136 Å². The molecule has 132 valence electrons. The first-order valence-corrected chi connectivity index (χ1v) is 8.73. The van der Waals surface area contributed by atoms with E-state index < -0.39 is 24.9 Å². The molecule has 0 aliphatic carbocycles. The average Bonchev–Trinajstić information content (AvgIpc) is 2.56. The van der Waals surface area contributed by atoms with Crippen molar-refractivity contribution in [1.29, 1.82) is 0 Å². The highest BCUT2D eigenvalue weighted by molar-refractivity contribution is 5.92. The van der Waals surface area contributed by atoms with Gasteiger partial charge in [-0.25, -0.2) is 0 Å². The predicted octanol–water partition coefficient (Wildman–Crippen LogP) is -4.44. The highest BCUT2D eigenvalue weighted by atomic mass is 16.4. The molecule has 4 bridgehead atoms. The van der Waals surface area contributed by atoms with Gasteiger partial charge in [0.2, 0.25) is 6.17 Å². The maximum atomic E-state index is 13.0. The Morgan fingerprint density at radius 2 is 1.48 bits per heavy atom. The fourth-order valence-corrected chi connectivity index (χ4v) is 5.44. The molecule has 0 aromatic carbocycles. The van der Waals surface area contributed by atoms with Crippen LogP contribution in [0.1, 0.15) is 26.7 Å². The van der Waals surface area contributed by atoms with E-state index in [2.05, 4.69) is 13.8 Å². The van der Waals surface area contributed by atoms with Gasteiger partial charge in [-0.3, -0.25) is 14.6 Å². The van der Waals surface area contributed by atoms with Gasteiger partial charge in [-0.05, 0) is 12.8 Å². The van der Waals surface area contributed by atoms with Gasteiger partial charge >= 0.3 is 0 Å². The van der Waals surface area contributed by atoms with Gasteiger partial charge in [0.05, 0.1) is 6.61 Å². The Hall–Kier alpha value is -0.570. The molecule has 0 aromatic heterocycles. The summed E-state index contributed by atoms with van der Waals surface area (Å²) in [5.41, 5.74) is -0.623. The first-order chi connectivity index (χ1) is 10.8. The topological polar surface area (TPSA) is 107 Å². The van der Waals surface area contributed by atoms with Crippen LogP contribution in [0.2, 0.25) is 0 Å². The molecule has 0 spiro atoms. The molecular weight excluding hydrogens is 300 g/mol. The number of Topliss-reactive ketones (excluding diaryl/α,β-unsaturated/α-hetero) is 1. The van der Waals surface area contributed by atoms with E-state index in [1.165, 1.54) is 0 Å². The summed E-state index contributed by atoms with van der Waals surface area (Å²) >= 11 is 0. The van der Waals surface area contributed by atoms with Crippen LogP contribution in [0, 0.1) is 10.8 Å². The van der Waals surface area contributed by atoms with Crippen molar-refractivity contribution >= 4 is 5.78 Å². The second kappa shape index (κ2) is 5.75. The van der Waals surface area contributed by atoms with Crippen molar-refractivity contribution in [3.63, 3.8) is 0 Å². The zero-order valence-corrected chi connectivity index (χ0v) is 14.0. The predicted molar refractivity (Wildman–Crippen MR) is 80.7 cm³/mol. The van der Waals surface area contributed by atoms with E-state index in [9.17, 15) is 20.1 Å². The summed E-state index contributed by atoms with van der Waals surface area (Å²) in [6.07, 6.45) is -2.45. The van der Waals surface area contributed by atoms with Gasteiger partial charge in [0.15, 0.2) is 11.9 Å². The number of carbonyl (C=O) groups is 1. The lowest BCUT2D eigenvalue weighted by atomic mass is 9.58. The second-order valence-electron chi connectivity index (χ2n) is 7.83. The third-order valence-electron chi connectivity index (χ3n) is 6.73. The van der Waals surface area contributed by atoms with Crippen LogP contribution >= 0.6 is 0 Å². The van der Waals surface area contributed by atoms with Crippen molar-refractivity contribution in [3.8, 4) is 0 Å². The highest BCUT2D eigenvalue weighted by Gasteiger charge is 2.71. The van der Waals surface area contributed by atoms with Gasteiger partial charge in [-0.15, -0.1) is 0 Å². The molecule has 4 aliphatic heterocycles. The standard InChI is InChI=1S/C16H28N2O5/c1-3-15-6-17-8-16(4-2,14(15)23)9-18(7-15)13(17)12(22)11(21)10(20)5-19/h10-13,19-22H,3-9H2,1-2H3/p+2/t10-,11-,12+,13?,15?,16?/m1/s1. The summed E-state index contributed by atoms with van der Waals surface area (Å²) in [4.78, 5) is 15.3. The highest BCUT2D eigenvalue weighted by Crippen LogP contribution is 2.39. The molecule has 0 radical (unpaired) electrons. The van der Waals surface area contributed by atoms with E-state index in [0.29, 0.717) is 32.0 Å². The Morgan fingerprint density at radius 3 is 1.83 bits per heavy atom. The number of carbonyl (C=O) groups excluding carboxylic acids is 1. The van der Waals surface area contributed by atoms with E-state index >= 15 is 0 Å². The third-order valence-corrected chi connectivity index (χ3v) is 6.73. The average molecular weight is 330 g/mol. The van der Waals surface area contributed by atoms with Gasteiger partial charge in [0.25, 0.3) is 0 Å². The Morgan fingerprint density at radius 1 is 1.04 bits per heavy atom. The molecule has 7 heteroatoms. The van der Waals surface area contributed by atoms with Crippen molar-refractivity contribution < 1.29 is 35.0 Å². The number of aliphatic hydroxyl groups is 4. The number of hydrogen-bond donors (Lipinski definition) is 6. The van der Waals surface area contributed by atoms with Crippen LogP contribution in [0.5, 0.6) is 0 Å². The molecule has 23 heavy (non-hydrogen) atoms. The lowest BCUT2D eigenvalue weighted by molar-refractivity contribution is -1.17. The van der Waals surface area contributed by atoms with Crippen molar-refractivity contribution in [2.24, 2.45) is 10.8 Å². The Bertz CT molecular complexity index is 443. The fourth-order valence-electron chi connectivity index (χ4n) is 5.44. The number of rotatable bonds is 6. The van der Waals surface area contributed by atoms with Crippen molar-refractivity contribution in [2.45, 2.75) is 51.2 Å². The van der Waals surface area contributed by atoms with E-state index in [1.807, 2.05) is 0 Å². The largest absolute Gasteiger partial charge is 0.394 e. The minimum Gasteiger partial charge on any atom is -0.394 e. The molecule has 3 atom stereocenters. The number of hydrogen-bond acceptors (Lipinski definition) is 5. The Balaban J connectivity index is 1.88.